The van der Waals surface area contributed by atoms with Crippen LogP contribution in [-0.2, 0) is 16.1 Å². The largest absolute Gasteiger partial charge is 0.350 e. The third-order valence-electron chi connectivity index (χ3n) is 2.99. The van der Waals surface area contributed by atoms with Gasteiger partial charge in [-0.1, -0.05) is 18.2 Å². The molecule has 0 saturated carbocycles. The lowest BCUT2D eigenvalue weighted by molar-refractivity contribution is -0.124. The summed E-state index contributed by atoms with van der Waals surface area (Å²) in [5.74, 6) is -0.235. The maximum absolute atomic E-state index is 12.2. The average Bonchev–Trinajstić information content (AvgIpc) is 2.48. The Balaban J connectivity index is 2.21. The summed E-state index contributed by atoms with van der Waals surface area (Å²) in [7, 11) is 0. The van der Waals surface area contributed by atoms with Gasteiger partial charge in [0.05, 0.1) is 6.54 Å². The van der Waals surface area contributed by atoms with Crippen LogP contribution in [0.4, 0.5) is 5.69 Å². The van der Waals surface area contributed by atoms with Gasteiger partial charge in [0.1, 0.15) is 6.54 Å². The quantitative estimate of drug-likeness (QED) is 0.847. The van der Waals surface area contributed by atoms with Crippen LogP contribution in [-0.4, -0.2) is 30.4 Å². The minimum Gasteiger partial charge on any atom is -0.350 e. The molecule has 2 amide bonds. The first-order chi connectivity index (χ1) is 9.37. The maximum Gasteiger partial charge on any atom is 0.241 e. The Morgan fingerprint density at radius 2 is 2.00 bits per heavy atom. The average molecular weight is 275 g/mol. The van der Waals surface area contributed by atoms with Crippen LogP contribution in [0.25, 0.3) is 0 Å². The normalized spacial score (nSPS) is 15.6. The number of para-hydroxylation sites is 1. The van der Waals surface area contributed by atoms with E-state index in [-0.39, 0.29) is 30.4 Å². The Hall–Kier alpha value is -1.88. The highest BCUT2D eigenvalue weighted by atomic mass is 16.2. The molecular formula is C15H21N3O2. The molecule has 108 valence electrons. The topological polar surface area (TPSA) is 61.4 Å². The monoisotopic (exact) mass is 275 g/mol. The van der Waals surface area contributed by atoms with Gasteiger partial charge in [0.2, 0.25) is 11.8 Å². The lowest BCUT2D eigenvalue weighted by Gasteiger charge is -2.25. The fourth-order valence-corrected chi connectivity index (χ4v) is 2.23. The number of carbonyl (C=O) groups is 2. The zero-order chi connectivity index (χ0) is 14.8. The van der Waals surface area contributed by atoms with Crippen molar-refractivity contribution < 1.29 is 9.59 Å². The lowest BCUT2D eigenvalue weighted by atomic mass is 10.1. The molecule has 1 aromatic rings. The summed E-state index contributed by atoms with van der Waals surface area (Å²) in [6.45, 7) is 6.70. The first-order valence-electron chi connectivity index (χ1n) is 6.77. The number of fused-ring (bicyclic) bond motifs is 1. The van der Waals surface area contributed by atoms with Crippen LogP contribution < -0.4 is 15.5 Å². The van der Waals surface area contributed by atoms with Crippen molar-refractivity contribution in [1.82, 2.24) is 10.6 Å². The van der Waals surface area contributed by atoms with Crippen LogP contribution in [0.1, 0.15) is 26.3 Å². The fraction of sp³-hybridized carbons (Fsp3) is 0.467. The van der Waals surface area contributed by atoms with Gasteiger partial charge in [0, 0.05) is 17.8 Å². The highest BCUT2D eigenvalue weighted by Gasteiger charge is 2.25. The van der Waals surface area contributed by atoms with Gasteiger partial charge in [0.15, 0.2) is 0 Å². The van der Waals surface area contributed by atoms with Crippen LogP contribution in [0.3, 0.4) is 0 Å². The number of hydrogen-bond acceptors (Lipinski definition) is 3. The minimum absolute atomic E-state index is 0.0504. The Kier molecular flexibility index (Phi) is 4.09. The lowest BCUT2D eigenvalue weighted by Crippen LogP contribution is -2.48. The molecule has 5 nitrogen and oxygen atoms in total. The second-order valence-corrected chi connectivity index (χ2v) is 6.01. The zero-order valence-corrected chi connectivity index (χ0v) is 12.2. The third kappa shape index (κ3) is 3.57. The zero-order valence-electron chi connectivity index (χ0n) is 12.2. The van der Waals surface area contributed by atoms with E-state index in [0.29, 0.717) is 6.54 Å². The Morgan fingerprint density at radius 1 is 1.30 bits per heavy atom. The first-order valence-corrected chi connectivity index (χ1v) is 6.77. The van der Waals surface area contributed by atoms with Gasteiger partial charge in [-0.05, 0) is 32.4 Å². The summed E-state index contributed by atoms with van der Waals surface area (Å²) in [5.41, 5.74) is 1.54. The van der Waals surface area contributed by atoms with Crippen molar-refractivity contribution in [1.29, 1.82) is 0 Å². The second-order valence-electron chi connectivity index (χ2n) is 6.01. The van der Waals surface area contributed by atoms with Crippen LogP contribution in [0.5, 0.6) is 0 Å². The summed E-state index contributed by atoms with van der Waals surface area (Å²) in [6, 6.07) is 7.66. The molecule has 0 spiro atoms. The van der Waals surface area contributed by atoms with Gasteiger partial charge in [-0.2, -0.15) is 0 Å². The van der Waals surface area contributed by atoms with Crippen molar-refractivity contribution in [2.45, 2.75) is 32.9 Å². The molecule has 0 atom stereocenters. The summed E-state index contributed by atoms with van der Waals surface area (Å²) < 4.78 is 0. The second kappa shape index (κ2) is 5.63. The highest BCUT2D eigenvalue weighted by Crippen LogP contribution is 2.22. The van der Waals surface area contributed by atoms with E-state index in [0.717, 1.165) is 11.3 Å². The fourth-order valence-electron chi connectivity index (χ4n) is 2.23. The summed E-state index contributed by atoms with van der Waals surface area (Å²) >= 11 is 0. The number of amides is 2. The predicted octanol–water partition coefficient (Wildman–Crippen LogP) is 1.04. The van der Waals surface area contributed by atoms with Crippen LogP contribution >= 0.6 is 0 Å². The number of nitrogens with zero attached hydrogens (tertiary/aromatic N) is 1. The molecule has 1 heterocycles. The van der Waals surface area contributed by atoms with Crippen molar-refractivity contribution in [3.05, 3.63) is 29.8 Å². The number of carbonyl (C=O) groups excluding carboxylic acids is 2. The molecule has 2 rings (SSSR count). The van der Waals surface area contributed by atoms with Crippen molar-refractivity contribution in [3.63, 3.8) is 0 Å². The van der Waals surface area contributed by atoms with Crippen molar-refractivity contribution >= 4 is 17.5 Å². The number of hydrogen-bond donors (Lipinski definition) is 2. The number of anilines is 1. The van der Waals surface area contributed by atoms with E-state index in [1.54, 1.807) is 4.90 Å². The molecule has 2 N–H and O–H groups in total. The summed E-state index contributed by atoms with van der Waals surface area (Å²) in [5, 5.41) is 5.97. The third-order valence-corrected chi connectivity index (χ3v) is 2.99. The Bertz CT molecular complexity index is 520. The maximum atomic E-state index is 12.2. The van der Waals surface area contributed by atoms with E-state index < -0.39 is 0 Å². The van der Waals surface area contributed by atoms with E-state index in [9.17, 15) is 9.59 Å². The molecule has 1 aliphatic rings. The van der Waals surface area contributed by atoms with E-state index >= 15 is 0 Å². The molecule has 0 saturated heterocycles. The molecule has 0 radical (unpaired) electrons. The predicted molar refractivity (Wildman–Crippen MR) is 78.4 cm³/mol. The Labute approximate surface area is 119 Å². The molecule has 0 aliphatic carbocycles. The number of benzene rings is 1. The summed E-state index contributed by atoms with van der Waals surface area (Å²) in [6.07, 6.45) is 0. The van der Waals surface area contributed by atoms with Gasteiger partial charge in [0.25, 0.3) is 0 Å². The first kappa shape index (κ1) is 14.5. The molecule has 0 unspecified atom stereocenters. The highest BCUT2D eigenvalue weighted by molar-refractivity contribution is 6.00. The molecule has 1 aromatic carbocycles. The van der Waals surface area contributed by atoms with Gasteiger partial charge in [-0.25, -0.2) is 0 Å². The van der Waals surface area contributed by atoms with Gasteiger partial charge < -0.3 is 15.5 Å². The number of rotatable bonds is 2. The molecule has 20 heavy (non-hydrogen) atoms. The SMILES string of the molecule is CC(C)(C)NC(=O)CN1C(=O)CNCc2ccccc21. The Morgan fingerprint density at radius 3 is 2.70 bits per heavy atom. The molecule has 0 fully saturated rings. The molecule has 0 bridgehead atoms. The molecule has 1 aliphatic heterocycles. The van der Waals surface area contributed by atoms with Crippen molar-refractivity contribution in [3.8, 4) is 0 Å². The van der Waals surface area contributed by atoms with Crippen LogP contribution in [0.15, 0.2) is 24.3 Å². The van der Waals surface area contributed by atoms with Crippen molar-refractivity contribution in [2.75, 3.05) is 18.0 Å². The molecular weight excluding hydrogens is 254 g/mol. The van der Waals surface area contributed by atoms with E-state index in [1.165, 1.54) is 0 Å². The standard InChI is InChI=1S/C15H21N3O2/c1-15(2,3)17-13(19)10-18-12-7-5-4-6-11(12)8-16-9-14(18)20/h4-7,16H,8-10H2,1-3H3,(H,17,19). The van der Waals surface area contributed by atoms with Crippen LogP contribution in [0.2, 0.25) is 0 Å². The number of nitrogens with one attached hydrogen (secondary N) is 2. The van der Waals surface area contributed by atoms with Crippen LogP contribution in [0, 0.1) is 0 Å². The molecule has 0 aromatic heterocycles. The minimum atomic E-state index is -0.302. The van der Waals surface area contributed by atoms with Crippen molar-refractivity contribution in [2.24, 2.45) is 0 Å². The van der Waals surface area contributed by atoms with E-state index in [4.69, 9.17) is 0 Å². The van der Waals surface area contributed by atoms with E-state index in [1.807, 2.05) is 45.0 Å². The smallest absolute Gasteiger partial charge is 0.241 e. The van der Waals surface area contributed by atoms with Gasteiger partial charge in [-0.3, -0.25) is 9.59 Å². The van der Waals surface area contributed by atoms with Gasteiger partial charge >= 0.3 is 0 Å². The summed E-state index contributed by atoms with van der Waals surface area (Å²) in [4.78, 5) is 25.8. The van der Waals surface area contributed by atoms with E-state index in [2.05, 4.69) is 10.6 Å². The van der Waals surface area contributed by atoms with Gasteiger partial charge in [-0.15, -0.1) is 0 Å². The molecule has 5 heteroatoms.